The van der Waals surface area contributed by atoms with E-state index in [-0.39, 0.29) is 12.0 Å². The average molecular weight is 254 g/mol. The largest absolute Gasteiger partial charge is 0.392 e. The van der Waals surface area contributed by atoms with Crippen molar-refractivity contribution in [3.05, 3.63) is 0 Å². The second-order valence-electron chi connectivity index (χ2n) is 6.00. The minimum atomic E-state index is -0.252. The Hall–Kier alpha value is -0.610. The van der Waals surface area contributed by atoms with Crippen molar-refractivity contribution in [1.82, 2.24) is 10.2 Å². The highest BCUT2D eigenvalue weighted by atomic mass is 16.3. The van der Waals surface area contributed by atoms with Crippen molar-refractivity contribution in [2.75, 3.05) is 20.1 Å². The average Bonchev–Trinajstić information content (AvgIpc) is 3.13. The van der Waals surface area contributed by atoms with E-state index in [4.69, 9.17) is 0 Å². The number of likely N-dealkylation sites (N-methyl/N-ethyl adjacent to an activating group) is 1. The van der Waals surface area contributed by atoms with Crippen molar-refractivity contribution in [3.63, 3.8) is 0 Å². The van der Waals surface area contributed by atoms with Crippen molar-refractivity contribution >= 4 is 5.91 Å². The van der Waals surface area contributed by atoms with E-state index in [0.717, 1.165) is 25.7 Å². The fraction of sp³-hybridized carbons (Fsp3) is 0.929. The van der Waals surface area contributed by atoms with Crippen LogP contribution in [0.1, 0.15) is 44.9 Å². The molecule has 2 fully saturated rings. The molecule has 18 heavy (non-hydrogen) atoms. The highest BCUT2D eigenvalue weighted by Crippen LogP contribution is 2.32. The zero-order chi connectivity index (χ0) is 13.0. The molecule has 2 aliphatic carbocycles. The summed E-state index contributed by atoms with van der Waals surface area (Å²) in [6.07, 6.45) is 8.06. The molecule has 2 aliphatic rings. The Balaban J connectivity index is 1.62. The lowest BCUT2D eigenvalue weighted by molar-refractivity contribution is -0.123. The molecule has 0 aromatic carbocycles. The van der Waals surface area contributed by atoms with Crippen LogP contribution < -0.4 is 5.32 Å². The molecule has 1 unspecified atom stereocenters. The third-order valence-electron chi connectivity index (χ3n) is 4.05. The van der Waals surface area contributed by atoms with E-state index < -0.39 is 0 Å². The van der Waals surface area contributed by atoms with Gasteiger partial charge >= 0.3 is 0 Å². The predicted octanol–water partition coefficient (Wildman–Crippen LogP) is 1.14. The second kappa shape index (κ2) is 6.53. The SMILES string of the molecule is CN(CC(=O)NC1CCCCC1)CC(O)C1CC1. The molecule has 4 nitrogen and oxygen atoms in total. The Morgan fingerprint density at radius 2 is 1.94 bits per heavy atom. The van der Waals surface area contributed by atoms with Gasteiger partial charge in [-0.1, -0.05) is 19.3 Å². The highest BCUT2D eigenvalue weighted by molar-refractivity contribution is 5.78. The molecule has 1 atom stereocenters. The first kappa shape index (κ1) is 13.8. The van der Waals surface area contributed by atoms with Gasteiger partial charge in [0.1, 0.15) is 0 Å². The van der Waals surface area contributed by atoms with E-state index in [1.807, 2.05) is 11.9 Å². The predicted molar refractivity (Wildman–Crippen MR) is 71.2 cm³/mol. The van der Waals surface area contributed by atoms with Crippen molar-refractivity contribution < 1.29 is 9.90 Å². The fourth-order valence-corrected chi connectivity index (χ4v) is 2.78. The first-order chi connectivity index (χ1) is 8.65. The molecule has 0 bridgehead atoms. The van der Waals surface area contributed by atoms with Crippen LogP contribution in [0.25, 0.3) is 0 Å². The molecular weight excluding hydrogens is 228 g/mol. The topological polar surface area (TPSA) is 52.6 Å². The molecule has 0 aromatic rings. The number of hydrogen-bond donors (Lipinski definition) is 2. The molecule has 104 valence electrons. The summed E-state index contributed by atoms with van der Waals surface area (Å²) in [5.41, 5.74) is 0. The Kier molecular flexibility index (Phi) is 5.01. The van der Waals surface area contributed by atoms with E-state index in [0.29, 0.717) is 25.0 Å². The normalized spacial score (nSPS) is 23.1. The van der Waals surface area contributed by atoms with Gasteiger partial charge in [0.05, 0.1) is 12.6 Å². The van der Waals surface area contributed by atoms with Crippen molar-refractivity contribution in [2.24, 2.45) is 5.92 Å². The number of carbonyl (C=O) groups excluding carboxylic acids is 1. The molecule has 0 aliphatic heterocycles. The van der Waals surface area contributed by atoms with Crippen molar-refractivity contribution in [3.8, 4) is 0 Å². The van der Waals surface area contributed by atoms with Crippen LogP contribution in [0, 0.1) is 5.92 Å². The van der Waals surface area contributed by atoms with Gasteiger partial charge in [-0.2, -0.15) is 0 Å². The summed E-state index contributed by atoms with van der Waals surface area (Å²) < 4.78 is 0. The molecule has 2 N–H and O–H groups in total. The Bertz CT molecular complexity index is 273. The summed E-state index contributed by atoms with van der Waals surface area (Å²) in [6.45, 7) is 1.02. The number of nitrogens with one attached hydrogen (secondary N) is 1. The Labute approximate surface area is 110 Å². The zero-order valence-electron chi connectivity index (χ0n) is 11.4. The molecule has 0 aromatic heterocycles. The Morgan fingerprint density at radius 1 is 1.28 bits per heavy atom. The van der Waals surface area contributed by atoms with Crippen LogP contribution in [-0.4, -0.2) is 48.2 Å². The molecule has 0 heterocycles. The van der Waals surface area contributed by atoms with Crippen LogP contribution in [-0.2, 0) is 4.79 Å². The number of hydrogen-bond acceptors (Lipinski definition) is 3. The van der Waals surface area contributed by atoms with Gasteiger partial charge in [0.25, 0.3) is 0 Å². The number of amides is 1. The number of nitrogens with zero attached hydrogens (tertiary/aromatic N) is 1. The lowest BCUT2D eigenvalue weighted by Crippen LogP contribution is -2.43. The molecule has 0 saturated heterocycles. The van der Waals surface area contributed by atoms with Gasteiger partial charge in [-0.25, -0.2) is 0 Å². The smallest absolute Gasteiger partial charge is 0.234 e. The first-order valence-corrected chi connectivity index (χ1v) is 7.31. The fourth-order valence-electron chi connectivity index (χ4n) is 2.78. The van der Waals surface area contributed by atoms with Crippen LogP contribution >= 0.6 is 0 Å². The summed E-state index contributed by atoms with van der Waals surface area (Å²) >= 11 is 0. The van der Waals surface area contributed by atoms with Gasteiger partial charge in [0.2, 0.25) is 5.91 Å². The quantitative estimate of drug-likeness (QED) is 0.747. The van der Waals surface area contributed by atoms with Crippen LogP contribution in [0.15, 0.2) is 0 Å². The molecule has 0 radical (unpaired) electrons. The van der Waals surface area contributed by atoms with E-state index in [9.17, 15) is 9.90 Å². The van der Waals surface area contributed by atoms with Gasteiger partial charge in [0.15, 0.2) is 0 Å². The third kappa shape index (κ3) is 4.58. The number of aliphatic hydroxyl groups is 1. The van der Waals surface area contributed by atoms with Crippen molar-refractivity contribution in [2.45, 2.75) is 57.1 Å². The highest BCUT2D eigenvalue weighted by Gasteiger charge is 2.30. The standard InChI is InChI=1S/C14H26N2O2/c1-16(9-13(17)11-7-8-11)10-14(18)15-12-5-3-2-4-6-12/h11-13,17H,2-10H2,1H3,(H,15,18). The lowest BCUT2D eigenvalue weighted by atomic mass is 9.95. The first-order valence-electron chi connectivity index (χ1n) is 7.31. The van der Waals surface area contributed by atoms with Gasteiger partial charge in [-0.3, -0.25) is 9.69 Å². The molecule has 0 spiro atoms. The summed E-state index contributed by atoms with van der Waals surface area (Å²) in [5.74, 6) is 0.584. The van der Waals surface area contributed by atoms with Crippen molar-refractivity contribution in [1.29, 1.82) is 0 Å². The van der Waals surface area contributed by atoms with Gasteiger partial charge in [0, 0.05) is 12.6 Å². The number of carbonyl (C=O) groups is 1. The molecule has 1 amide bonds. The van der Waals surface area contributed by atoms with Gasteiger partial charge in [-0.05, 0) is 38.6 Å². The monoisotopic (exact) mass is 254 g/mol. The molecular formula is C14H26N2O2. The maximum atomic E-state index is 11.9. The minimum absolute atomic E-state index is 0.104. The number of rotatable bonds is 6. The van der Waals surface area contributed by atoms with E-state index >= 15 is 0 Å². The molecule has 4 heteroatoms. The van der Waals surface area contributed by atoms with Crippen LogP contribution in [0.3, 0.4) is 0 Å². The van der Waals surface area contributed by atoms with Crippen LogP contribution in [0.2, 0.25) is 0 Å². The zero-order valence-corrected chi connectivity index (χ0v) is 11.4. The number of aliphatic hydroxyl groups excluding tert-OH is 1. The van der Waals surface area contributed by atoms with E-state index in [1.54, 1.807) is 0 Å². The molecule has 2 saturated carbocycles. The maximum Gasteiger partial charge on any atom is 0.234 e. The summed E-state index contributed by atoms with van der Waals surface area (Å²) in [7, 11) is 1.91. The van der Waals surface area contributed by atoms with E-state index in [1.165, 1.54) is 19.3 Å². The van der Waals surface area contributed by atoms with E-state index in [2.05, 4.69) is 5.32 Å². The molecule has 2 rings (SSSR count). The van der Waals surface area contributed by atoms with Crippen LogP contribution in [0.4, 0.5) is 0 Å². The Morgan fingerprint density at radius 3 is 2.56 bits per heavy atom. The summed E-state index contributed by atoms with van der Waals surface area (Å²) in [4.78, 5) is 13.8. The third-order valence-corrected chi connectivity index (χ3v) is 4.05. The second-order valence-corrected chi connectivity index (χ2v) is 6.00. The minimum Gasteiger partial charge on any atom is -0.392 e. The van der Waals surface area contributed by atoms with Gasteiger partial charge in [-0.15, -0.1) is 0 Å². The van der Waals surface area contributed by atoms with Gasteiger partial charge < -0.3 is 10.4 Å². The lowest BCUT2D eigenvalue weighted by Gasteiger charge is -2.25. The summed E-state index contributed by atoms with van der Waals surface area (Å²) in [5, 5.41) is 12.9. The van der Waals surface area contributed by atoms with Crippen LogP contribution in [0.5, 0.6) is 0 Å². The maximum absolute atomic E-state index is 11.9. The summed E-state index contributed by atoms with van der Waals surface area (Å²) in [6, 6.07) is 0.382.